The molecule has 0 spiro atoms. The second kappa shape index (κ2) is 13.9. The van der Waals surface area contributed by atoms with Gasteiger partial charge >= 0.3 is 6.18 Å². The van der Waals surface area contributed by atoms with Crippen molar-refractivity contribution >= 4 is 41.5 Å². The smallest absolute Gasteiger partial charge is 0.367 e. The van der Waals surface area contributed by atoms with Crippen molar-refractivity contribution in [3.63, 3.8) is 0 Å². The number of nitrogens with zero attached hydrogens (tertiary/aromatic N) is 1. The van der Waals surface area contributed by atoms with Crippen LogP contribution < -0.4 is 16.0 Å². The number of hydrogen-bond donors (Lipinski definition) is 3. The maximum Gasteiger partial charge on any atom is 0.411 e. The van der Waals surface area contributed by atoms with Gasteiger partial charge in [-0.1, -0.05) is 24.3 Å². The first-order valence-corrected chi connectivity index (χ1v) is 9.55. The van der Waals surface area contributed by atoms with E-state index in [1.54, 1.807) is 24.3 Å². The molecule has 0 saturated carbocycles. The summed E-state index contributed by atoms with van der Waals surface area (Å²) in [5, 5.41) is 8.56. The molecule has 32 heavy (non-hydrogen) atoms. The van der Waals surface area contributed by atoms with Crippen molar-refractivity contribution in [2.24, 2.45) is 4.99 Å². The van der Waals surface area contributed by atoms with Gasteiger partial charge in [-0.05, 0) is 42.3 Å². The van der Waals surface area contributed by atoms with Crippen LogP contribution in [0.5, 0.6) is 0 Å². The first kappa shape index (κ1) is 27.6. The quantitative estimate of drug-likeness (QED) is 0.184. The zero-order valence-corrected chi connectivity index (χ0v) is 19.7. The Balaban J connectivity index is 0.00000512. The number of hydrogen-bond acceptors (Lipinski definition) is 3. The van der Waals surface area contributed by atoms with Gasteiger partial charge in [0.15, 0.2) is 5.96 Å². The summed E-state index contributed by atoms with van der Waals surface area (Å²) < 4.78 is 53.9. The minimum absolute atomic E-state index is 0. The molecule has 0 aliphatic rings. The lowest BCUT2D eigenvalue weighted by atomic mass is 10.1. The van der Waals surface area contributed by atoms with Gasteiger partial charge in [-0.25, -0.2) is 9.38 Å². The molecule has 2 aromatic carbocycles. The van der Waals surface area contributed by atoms with Crippen LogP contribution in [-0.2, 0) is 22.7 Å². The van der Waals surface area contributed by atoms with E-state index in [1.165, 1.54) is 24.3 Å². The second-order valence-corrected chi connectivity index (χ2v) is 6.53. The number of amides is 1. The molecule has 11 heteroatoms. The van der Waals surface area contributed by atoms with E-state index < -0.39 is 12.8 Å². The van der Waals surface area contributed by atoms with E-state index in [2.05, 4.69) is 25.7 Å². The van der Waals surface area contributed by atoms with E-state index in [1.807, 2.05) is 6.92 Å². The van der Waals surface area contributed by atoms with Gasteiger partial charge in [0.05, 0.1) is 19.7 Å². The molecule has 0 heterocycles. The summed E-state index contributed by atoms with van der Waals surface area (Å²) in [6.07, 6.45) is -4.35. The van der Waals surface area contributed by atoms with Crippen LogP contribution in [0.4, 0.5) is 23.2 Å². The zero-order chi connectivity index (χ0) is 22.7. The number of benzene rings is 2. The monoisotopic (exact) mass is 568 g/mol. The summed E-state index contributed by atoms with van der Waals surface area (Å²) in [5.74, 6) is -0.283. The number of guanidine groups is 1. The van der Waals surface area contributed by atoms with Crippen LogP contribution in [-0.4, -0.2) is 37.7 Å². The Labute approximate surface area is 200 Å². The average molecular weight is 568 g/mol. The number of carbonyl (C=O) groups excluding carboxylic acids is 1. The van der Waals surface area contributed by atoms with Crippen LogP contribution in [0.15, 0.2) is 53.5 Å². The minimum Gasteiger partial charge on any atom is -0.367 e. The number of nitrogens with one attached hydrogen (secondary N) is 3. The summed E-state index contributed by atoms with van der Waals surface area (Å²) in [6, 6.07) is 12.3. The Bertz CT molecular complexity index is 860. The van der Waals surface area contributed by atoms with Crippen LogP contribution >= 0.6 is 24.0 Å². The van der Waals surface area contributed by atoms with Gasteiger partial charge in [-0.3, -0.25) is 4.79 Å². The summed E-state index contributed by atoms with van der Waals surface area (Å²) in [5.41, 5.74) is 1.95. The van der Waals surface area contributed by atoms with Gasteiger partial charge in [0, 0.05) is 12.2 Å². The third-order valence-electron chi connectivity index (χ3n) is 3.87. The first-order chi connectivity index (χ1) is 14.7. The highest BCUT2D eigenvalue weighted by Crippen LogP contribution is 2.16. The lowest BCUT2D eigenvalue weighted by molar-refractivity contribution is -0.176. The van der Waals surface area contributed by atoms with Crippen LogP contribution in [0.2, 0.25) is 0 Å². The third-order valence-corrected chi connectivity index (χ3v) is 3.87. The average Bonchev–Trinajstić information content (AvgIpc) is 2.72. The molecule has 2 rings (SSSR count). The van der Waals surface area contributed by atoms with Crippen molar-refractivity contribution in [1.29, 1.82) is 0 Å². The number of anilines is 1. The lowest BCUT2D eigenvalue weighted by Gasteiger charge is -2.12. The molecule has 6 nitrogen and oxygen atoms in total. The van der Waals surface area contributed by atoms with Gasteiger partial charge < -0.3 is 20.7 Å². The number of aliphatic imine (C=N–C) groups is 1. The molecule has 1 amide bonds. The fourth-order valence-corrected chi connectivity index (χ4v) is 2.44. The Morgan fingerprint density at radius 1 is 1.00 bits per heavy atom. The Morgan fingerprint density at radius 3 is 2.22 bits per heavy atom. The molecule has 0 bridgehead atoms. The van der Waals surface area contributed by atoms with Gasteiger partial charge in [-0.2, -0.15) is 13.2 Å². The Kier molecular flexibility index (Phi) is 12.0. The van der Waals surface area contributed by atoms with E-state index in [0.29, 0.717) is 30.3 Å². The normalized spacial score (nSPS) is 11.5. The standard InChI is InChI=1S/C21H24F4N4O2.HI/c1-2-26-20(28-12-19(30)29-18-9-7-17(22)8-10-18)27-11-15-3-5-16(6-4-15)13-31-14-21(23,24)25;/h3-10H,2,11-14H2,1H3,(H,29,30)(H2,26,27,28);1H. The van der Waals surface area contributed by atoms with Crippen LogP contribution in [0.1, 0.15) is 18.1 Å². The van der Waals surface area contributed by atoms with Crippen LogP contribution in [0, 0.1) is 5.82 Å². The number of carbonyl (C=O) groups is 1. The predicted molar refractivity (Wildman–Crippen MR) is 125 cm³/mol. The Morgan fingerprint density at radius 2 is 1.62 bits per heavy atom. The van der Waals surface area contributed by atoms with Crippen molar-refractivity contribution in [3.8, 4) is 0 Å². The number of ether oxygens (including phenoxy) is 1. The number of halogens is 5. The Hall–Kier alpha value is -2.41. The molecular formula is C21H25F4IN4O2. The molecule has 2 aromatic rings. The molecule has 176 valence electrons. The van der Waals surface area contributed by atoms with Crippen molar-refractivity contribution < 1.29 is 27.1 Å². The van der Waals surface area contributed by atoms with Crippen molar-refractivity contribution in [1.82, 2.24) is 10.6 Å². The van der Waals surface area contributed by atoms with E-state index in [0.717, 1.165) is 5.56 Å². The summed E-state index contributed by atoms with van der Waals surface area (Å²) in [6.45, 7) is 1.31. The van der Waals surface area contributed by atoms with Gasteiger partial charge in [0.2, 0.25) is 5.91 Å². The molecule has 0 fully saturated rings. The van der Waals surface area contributed by atoms with E-state index in [4.69, 9.17) is 0 Å². The lowest BCUT2D eigenvalue weighted by Crippen LogP contribution is -2.41. The molecule has 0 aromatic heterocycles. The summed E-state index contributed by atoms with van der Waals surface area (Å²) in [7, 11) is 0. The largest absolute Gasteiger partial charge is 0.411 e. The molecule has 0 radical (unpaired) electrons. The van der Waals surface area contributed by atoms with Crippen molar-refractivity contribution in [2.75, 3.05) is 25.0 Å². The third kappa shape index (κ3) is 11.3. The maximum absolute atomic E-state index is 12.9. The fourth-order valence-electron chi connectivity index (χ4n) is 2.44. The molecule has 0 atom stereocenters. The molecule has 0 unspecified atom stereocenters. The zero-order valence-electron chi connectivity index (χ0n) is 17.3. The van der Waals surface area contributed by atoms with Crippen molar-refractivity contribution in [3.05, 3.63) is 65.5 Å². The van der Waals surface area contributed by atoms with E-state index in [9.17, 15) is 22.4 Å². The molecular weight excluding hydrogens is 543 g/mol. The summed E-state index contributed by atoms with van der Waals surface area (Å²) in [4.78, 5) is 16.4. The molecule has 0 saturated heterocycles. The number of rotatable bonds is 9. The fraction of sp³-hybridized carbons (Fsp3) is 0.333. The van der Waals surface area contributed by atoms with Crippen LogP contribution in [0.3, 0.4) is 0 Å². The van der Waals surface area contributed by atoms with Crippen LogP contribution in [0.25, 0.3) is 0 Å². The topological polar surface area (TPSA) is 74.8 Å². The van der Waals surface area contributed by atoms with E-state index >= 15 is 0 Å². The maximum atomic E-state index is 12.9. The molecule has 3 N–H and O–H groups in total. The SMILES string of the molecule is CCNC(=NCc1ccc(COCC(F)(F)F)cc1)NCC(=O)Nc1ccc(F)cc1.I. The predicted octanol–water partition coefficient (Wildman–Crippen LogP) is 4.22. The highest BCUT2D eigenvalue weighted by atomic mass is 127. The second-order valence-electron chi connectivity index (χ2n) is 6.53. The first-order valence-electron chi connectivity index (χ1n) is 9.55. The highest BCUT2D eigenvalue weighted by molar-refractivity contribution is 14.0. The molecule has 0 aliphatic carbocycles. The van der Waals surface area contributed by atoms with Gasteiger partial charge in [-0.15, -0.1) is 24.0 Å². The van der Waals surface area contributed by atoms with E-state index in [-0.39, 0.29) is 48.9 Å². The number of alkyl halides is 3. The summed E-state index contributed by atoms with van der Waals surface area (Å²) >= 11 is 0. The highest BCUT2D eigenvalue weighted by Gasteiger charge is 2.27. The van der Waals surface area contributed by atoms with Gasteiger partial charge in [0.25, 0.3) is 0 Å². The molecule has 0 aliphatic heterocycles. The van der Waals surface area contributed by atoms with Crippen molar-refractivity contribution in [2.45, 2.75) is 26.3 Å². The van der Waals surface area contributed by atoms with Gasteiger partial charge in [0.1, 0.15) is 12.4 Å². The minimum atomic E-state index is -4.35.